The minimum absolute atomic E-state index is 0.0608. The molecule has 1 N–H and O–H groups in total. The molecule has 0 bridgehead atoms. The van der Waals surface area contributed by atoms with Crippen molar-refractivity contribution < 1.29 is 9.53 Å². The molecule has 0 atom stereocenters. The van der Waals surface area contributed by atoms with E-state index >= 15 is 0 Å². The number of carbonyl (C=O) groups excluding carboxylic acids is 1. The van der Waals surface area contributed by atoms with Gasteiger partial charge in [-0.1, -0.05) is 17.7 Å². The van der Waals surface area contributed by atoms with Gasteiger partial charge >= 0.3 is 0 Å². The molecule has 1 aliphatic heterocycles. The Bertz CT molecular complexity index is 440. The Labute approximate surface area is 92.4 Å². The highest BCUT2D eigenvalue weighted by Gasteiger charge is 2.49. The van der Waals surface area contributed by atoms with Crippen molar-refractivity contribution in [3.8, 4) is 5.75 Å². The van der Waals surface area contributed by atoms with Gasteiger partial charge in [0.25, 0.3) is 5.91 Å². The van der Waals surface area contributed by atoms with Gasteiger partial charge in [0, 0.05) is 0 Å². The van der Waals surface area contributed by atoms with Crippen molar-refractivity contribution in [3.05, 3.63) is 23.2 Å². The fourth-order valence-electron chi connectivity index (χ4n) is 2.02. The zero-order chi connectivity index (χ0) is 10.5. The van der Waals surface area contributed by atoms with E-state index in [-0.39, 0.29) is 5.91 Å². The molecule has 3 nitrogen and oxygen atoms in total. The molecule has 78 valence electrons. The molecular formula is C11H10ClNO2. The molecule has 1 aromatic carbocycles. The van der Waals surface area contributed by atoms with Crippen LogP contribution in [-0.2, 0) is 4.79 Å². The maximum absolute atomic E-state index is 11.8. The standard InChI is InChI=1S/C11H10ClNO2/c12-7-3-1-4-8-9(7)13-10(14)11(15-8)5-2-6-11/h1,3-4H,2,5-6H2,(H,13,14). The second kappa shape index (κ2) is 2.89. The summed E-state index contributed by atoms with van der Waals surface area (Å²) in [5.41, 5.74) is -0.0146. The van der Waals surface area contributed by atoms with E-state index < -0.39 is 5.60 Å². The molecule has 1 aromatic rings. The van der Waals surface area contributed by atoms with E-state index in [9.17, 15) is 4.79 Å². The van der Waals surface area contributed by atoms with Crippen molar-refractivity contribution in [1.82, 2.24) is 0 Å². The maximum atomic E-state index is 11.8. The quantitative estimate of drug-likeness (QED) is 0.734. The molecule has 1 fully saturated rings. The zero-order valence-corrected chi connectivity index (χ0v) is 8.80. The number of amides is 1. The molecule has 0 radical (unpaired) electrons. The first kappa shape index (κ1) is 9.04. The highest BCUT2D eigenvalue weighted by atomic mass is 35.5. The summed E-state index contributed by atoms with van der Waals surface area (Å²) in [6.07, 6.45) is 2.64. The zero-order valence-electron chi connectivity index (χ0n) is 8.05. The summed E-state index contributed by atoms with van der Waals surface area (Å²) in [7, 11) is 0. The summed E-state index contributed by atoms with van der Waals surface area (Å²) in [4.78, 5) is 11.8. The Hall–Kier alpha value is -1.22. The van der Waals surface area contributed by atoms with E-state index in [0.717, 1.165) is 19.3 Å². The predicted molar refractivity (Wildman–Crippen MR) is 57.3 cm³/mol. The third kappa shape index (κ3) is 1.16. The molecule has 0 unspecified atom stereocenters. The predicted octanol–water partition coefficient (Wildman–Crippen LogP) is 2.59. The van der Waals surface area contributed by atoms with Gasteiger partial charge in [-0.15, -0.1) is 0 Å². The Balaban J connectivity index is 2.06. The van der Waals surface area contributed by atoms with E-state index in [0.29, 0.717) is 16.5 Å². The topological polar surface area (TPSA) is 38.3 Å². The molecule has 1 spiro atoms. The van der Waals surface area contributed by atoms with E-state index in [1.165, 1.54) is 0 Å². The van der Waals surface area contributed by atoms with Crippen molar-refractivity contribution in [2.45, 2.75) is 24.9 Å². The lowest BCUT2D eigenvalue weighted by Crippen LogP contribution is -2.55. The van der Waals surface area contributed by atoms with Gasteiger partial charge in [-0.25, -0.2) is 0 Å². The van der Waals surface area contributed by atoms with Crippen LogP contribution in [0.2, 0.25) is 5.02 Å². The Kier molecular flexibility index (Phi) is 1.74. The fourth-order valence-corrected chi connectivity index (χ4v) is 2.24. The lowest BCUT2D eigenvalue weighted by atomic mass is 9.78. The Morgan fingerprint density at radius 3 is 2.87 bits per heavy atom. The number of nitrogens with one attached hydrogen (secondary N) is 1. The number of anilines is 1. The van der Waals surface area contributed by atoms with Crippen molar-refractivity contribution in [2.24, 2.45) is 0 Å². The fraction of sp³-hybridized carbons (Fsp3) is 0.364. The average molecular weight is 224 g/mol. The number of carbonyl (C=O) groups is 1. The van der Waals surface area contributed by atoms with E-state index in [1.54, 1.807) is 6.07 Å². The highest BCUT2D eigenvalue weighted by molar-refractivity contribution is 6.34. The van der Waals surface area contributed by atoms with Crippen LogP contribution >= 0.6 is 11.6 Å². The average Bonchev–Trinajstić information content (AvgIpc) is 2.16. The number of hydrogen-bond donors (Lipinski definition) is 1. The summed E-state index contributed by atoms with van der Waals surface area (Å²) in [6, 6.07) is 5.40. The van der Waals surface area contributed by atoms with Crippen molar-refractivity contribution in [3.63, 3.8) is 0 Å². The smallest absolute Gasteiger partial charge is 0.268 e. The van der Waals surface area contributed by atoms with Gasteiger partial charge in [0.2, 0.25) is 0 Å². The summed E-state index contributed by atoms with van der Waals surface area (Å²) in [5.74, 6) is 0.621. The SMILES string of the molecule is O=C1Nc2c(Cl)cccc2OC12CCC2. The van der Waals surface area contributed by atoms with Crippen molar-refractivity contribution in [1.29, 1.82) is 0 Å². The molecular weight excluding hydrogens is 214 g/mol. The maximum Gasteiger partial charge on any atom is 0.268 e. The van der Waals surface area contributed by atoms with Gasteiger partial charge in [0.05, 0.1) is 5.02 Å². The number of hydrogen-bond acceptors (Lipinski definition) is 2. The molecule has 2 aliphatic rings. The van der Waals surface area contributed by atoms with Gasteiger partial charge in [-0.3, -0.25) is 4.79 Å². The molecule has 15 heavy (non-hydrogen) atoms. The van der Waals surface area contributed by atoms with Crippen LogP contribution in [0.5, 0.6) is 5.75 Å². The number of para-hydroxylation sites is 1. The van der Waals surface area contributed by atoms with E-state index in [4.69, 9.17) is 16.3 Å². The van der Waals surface area contributed by atoms with Crippen molar-refractivity contribution in [2.75, 3.05) is 5.32 Å². The van der Waals surface area contributed by atoms with Gasteiger partial charge in [0.1, 0.15) is 11.4 Å². The largest absolute Gasteiger partial charge is 0.475 e. The minimum atomic E-state index is -0.613. The molecule has 3 rings (SSSR count). The van der Waals surface area contributed by atoms with Gasteiger partial charge in [0.15, 0.2) is 5.60 Å². The normalized spacial score (nSPS) is 21.3. The monoisotopic (exact) mass is 223 g/mol. The summed E-state index contributed by atoms with van der Waals surface area (Å²) < 4.78 is 5.75. The summed E-state index contributed by atoms with van der Waals surface area (Å²) in [6.45, 7) is 0. The molecule has 0 saturated heterocycles. The number of rotatable bonds is 0. The minimum Gasteiger partial charge on any atom is -0.475 e. The second-order valence-electron chi connectivity index (χ2n) is 4.02. The third-order valence-electron chi connectivity index (χ3n) is 3.09. The number of ether oxygens (including phenoxy) is 1. The molecule has 1 saturated carbocycles. The highest BCUT2D eigenvalue weighted by Crippen LogP contribution is 2.45. The first-order valence-corrected chi connectivity index (χ1v) is 5.38. The van der Waals surface area contributed by atoms with Crippen LogP contribution < -0.4 is 10.1 Å². The summed E-state index contributed by atoms with van der Waals surface area (Å²) >= 11 is 5.97. The van der Waals surface area contributed by atoms with E-state index in [2.05, 4.69) is 5.32 Å². The lowest BCUT2D eigenvalue weighted by Gasteiger charge is -2.43. The van der Waals surface area contributed by atoms with Crippen LogP contribution in [0.4, 0.5) is 5.69 Å². The lowest BCUT2D eigenvalue weighted by molar-refractivity contribution is -0.139. The molecule has 1 aliphatic carbocycles. The number of benzene rings is 1. The van der Waals surface area contributed by atoms with Gasteiger partial charge in [-0.05, 0) is 31.4 Å². The van der Waals surface area contributed by atoms with Crippen LogP contribution in [0.15, 0.2) is 18.2 Å². The van der Waals surface area contributed by atoms with Crippen molar-refractivity contribution >= 4 is 23.2 Å². The van der Waals surface area contributed by atoms with Gasteiger partial charge in [-0.2, -0.15) is 0 Å². The van der Waals surface area contributed by atoms with Crippen LogP contribution in [0, 0.1) is 0 Å². The number of halogens is 1. The molecule has 4 heteroatoms. The molecule has 1 heterocycles. The number of fused-ring (bicyclic) bond motifs is 1. The van der Waals surface area contributed by atoms with Crippen LogP contribution in [-0.4, -0.2) is 11.5 Å². The van der Waals surface area contributed by atoms with Crippen LogP contribution in [0.3, 0.4) is 0 Å². The Morgan fingerprint density at radius 1 is 1.40 bits per heavy atom. The van der Waals surface area contributed by atoms with Crippen LogP contribution in [0.1, 0.15) is 19.3 Å². The molecule has 0 aromatic heterocycles. The third-order valence-corrected chi connectivity index (χ3v) is 3.41. The van der Waals surface area contributed by atoms with Crippen LogP contribution in [0.25, 0.3) is 0 Å². The first-order valence-electron chi connectivity index (χ1n) is 5.00. The van der Waals surface area contributed by atoms with Gasteiger partial charge < -0.3 is 10.1 Å². The second-order valence-corrected chi connectivity index (χ2v) is 4.42. The Morgan fingerprint density at radius 2 is 2.20 bits per heavy atom. The van der Waals surface area contributed by atoms with E-state index in [1.807, 2.05) is 12.1 Å². The summed E-state index contributed by atoms with van der Waals surface area (Å²) in [5, 5.41) is 3.35. The first-order chi connectivity index (χ1) is 7.21. The molecule has 1 amide bonds.